The largest absolute Gasteiger partial charge is 0.394 e. The van der Waals surface area contributed by atoms with Gasteiger partial charge in [0.2, 0.25) is 0 Å². The molecule has 0 saturated carbocycles. The third-order valence-corrected chi connectivity index (χ3v) is 22.2. The summed E-state index contributed by atoms with van der Waals surface area (Å²) in [6.07, 6.45) is 34.2. The minimum absolute atomic E-state index is 0. The summed E-state index contributed by atoms with van der Waals surface area (Å²) in [5, 5.41) is 54.9. The fourth-order valence-electron chi connectivity index (χ4n) is 14.7. The van der Waals surface area contributed by atoms with E-state index in [1.807, 2.05) is 122 Å². The van der Waals surface area contributed by atoms with Gasteiger partial charge in [-0.05, 0) is 141 Å². The molecule has 0 bridgehead atoms. The second kappa shape index (κ2) is 54.5. The number of fused-ring (bicyclic) bond motifs is 4. The van der Waals surface area contributed by atoms with Crippen LogP contribution in [0.4, 0.5) is 59.7 Å². The number of aryl methyl sites for hydroxylation is 3. The van der Waals surface area contributed by atoms with Crippen molar-refractivity contribution < 1.29 is 18.3 Å². The van der Waals surface area contributed by atoms with E-state index in [9.17, 15) is 18.3 Å². The van der Waals surface area contributed by atoms with Crippen LogP contribution in [-0.4, -0.2) is 116 Å². The zero-order valence-corrected chi connectivity index (χ0v) is 75.4. The molecule has 704 valence electrons. The Balaban J connectivity index is 0.000000215. The van der Waals surface area contributed by atoms with Crippen LogP contribution in [0, 0.1) is 17.5 Å². The van der Waals surface area contributed by atoms with E-state index in [4.69, 9.17) is 15.0 Å². The molecule has 15 aromatic rings. The highest BCUT2D eigenvalue weighted by atomic mass is 19.1. The average Bonchev–Trinajstić information content (AvgIpc) is 1.65. The highest BCUT2D eigenvalue weighted by Crippen LogP contribution is 2.31. The summed E-state index contributed by atoms with van der Waals surface area (Å²) in [5.74, 6) is 6.95. The van der Waals surface area contributed by atoms with Crippen molar-refractivity contribution in [1.82, 2.24) is 78.3 Å². The zero-order valence-electron chi connectivity index (χ0n) is 75.4. The van der Waals surface area contributed by atoms with E-state index in [0.717, 1.165) is 182 Å². The molecule has 132 heavy (non-hydrogen) atoms. The summed E-state index contributed by atoms with van der Waals surface area (Å²) in [7, 11) is 0. The summed E-state index contributed by atoms with van der Waals surface area (Å²) >= 11 is 0. The fourth-order valence-corrected chi connectivity index (χ4v) is 14.7. The molecular formula is C104H141F3N24O. The van der Waals surface area contributed by atoms with Crippen molar-refractivity contribution in [2.45, 2.75) is 251 Å². The van der Waals surface area contributed by atoms with Crippen LogP contribution in [0.2, 0.25) is 0 Å². The lowest BCUT2D eigenvalue weighted by Gasteiger charge is -2.17. The van der Waals surface area contributed by atoms with Gasteiger partial charge in [-0.25, -0.2) is 43.1 Å². The Morgan fingerprint density at radius 2 is 0.652 bits per heavy atom. The molecule has 11 aromatic heterocycles. The van der Waals surface area contributed by atoms with E-state index < -0.39 is 0 Å². The maximum atomic E-state index is 14.1. The van der Waals surface area contributed by atoms with Crippen molar-refractivity contribution in [2.75, 3.05) is 68.8 Å². The summed E-state index contributed by atoms with van der Waals surface area (Å²) in [6.45, 7) is 23.5. The molecule has 0 spiro atoms. The number of halogens is 3. The van der Waals surface area contributed by atoms with Gasteiger partial charge in [0.15, 0.2) is 22.6 Å². The SMILES string of the molecule is C.C.C.C.CC(C)c1cnn2c(NCc3ccccc3)cc(NCCCCCCc3ccccn3)nc12.CC(C)c1cnn2c(NCc3ccccc3F)cc(NCCCCCCc3ccccn3)nc12.CC(C)c1cnn2c(NCc3ccccc3F)cc(NCCCCCCc3cncnc3)nc12.CC[C@H](CO)Nc1cc(NCc2ccccc2F)n2ncc(C(C)C)c2n1. The molecule has 0 unspecified atom stereocenters. The quantitative estimate of drug-likeness (QED) is 0.0160. The molecule has 4 aromatic carbocycles. The Morgan fingerprint density at radius 3 is 0.985 bits per heavy atom. The highest BCUT2D eigenvalue weighted by Gasteiger charge is 2.21. The normalized spacial score (nSPS) is 11.2. The Labute approximate surface area is 779 Å². The lowest BCUT2D eigenvalue weighted by atomic mass is 10.1. The summed E-state index contributed by atoms with van der Waals surface area (Å²) in [5.41, 5.74) is 14.3. The number of nitrogens with zero attached hydrogens (tertiary/aromatic N) is 16. The third-order valence-electron chi connectivity index (χ3n) is 22.2. The molecule has 9 N–H and O–H groups in total. The number of aliphatic hydroxyl groups excluding tert-OH is 1. The van der Waals surface area contributed by atoms with Gasteiger partial charge in [0, 0.05) is 145 Å². The smallest absolute Gasteiger partial charge is 0.163 e. The van der Waals surface area contributed by atoms with E-state index in [0.29, 0.717) is 65.7 Å². The van der Waals surface area contributed by atoms with E-state index in [-0.39, 0.29) is 65.7 Å². The Morgan fingerprint density at radius 1 is 0.333 bits per heavy atom. The van der Waals surface area contributed by atoms with Crippen LogP contribution in [0.5, 0.6) is 0 Å². The molecule has 0 amide bonds. The Hall–Kier alpha value is -13.1. The highest BCUT2D eigenvalue weighted by molar-refractivity contribution is 5.65. The third kappa shape index (κ3) is 30.8. The van der Waals surface area contributed by atoms with Gasteiger partial charge in [-0.1, -0.05) is 228 Å². The molecule has 0 radical (unpaired) electrons. The van der Waals surface area contributed by atoms with Crippen LogP contribution in [0.25, 0.3) is 22.6 Å². The number of unbranched alkanes of at least 4 members (excludes halogenated alkanes) is 9. The van der Waals surface area contributed by atoms with Crippen molar-refractivity contribution in [3.8, 4) is 0 Å². The van der Waals surface area contributed by atoms with Crippen LogP contribution in [0.15, 0.2) is 220 Å². The lowest BCUT2D eigenvalue weighted by Crippen LogP contribution is -2.23. The first-order valence-electron chi connectivity index (χ1n) is 45.3. The van der Waals surface area contributed by atoms with E-state index in [1.54, 1.807) is 56.3 Å². The number of anilines is 8. The van der Waals surface area contributed by atoms with Crippen molar-refractivity contribution >= 4 is 69.1 Å². The van der Waals surface area contributed by atoms with Crippen molar-refractivity contribution in [3.63, 3.8) is 0 Å². The summed E-state index contributed by atoms with van der Waals surface area (Å²) in [4.78, 5) is 36.1. The van der Waals surface area contributed by atoms with E-state index in [1.165, 1.54) is 67.1 Å². The van der Waals surface area contributed by atoms with Gasteiger partial charge in [0.25, 0.3) is 0 Å². The second-order valence-corrected chi connectivity index (χ2v) is 33.3. The Kier molecular flexibility index (Phi) is 43.1. The molecule has 0 fully saturated rings. The van der Waals surface area contributed by atoms with Gasteiger partial charge >= 0.3 is 0 Å². The molecular weight excluding hydrogens is 1660 g/mol. The first-order valence-corrected chi connectivity index (χ1v) is 45.3. The van der Waals surface area contributed by atoms with Crippen LogP contribution in [-0.2, 0) is 45.4 Å². The average molecular weight is 1800 g/mol. The predicted molar refractivity (Wildman–Crippen MR) is 537 cm³/mol. The first kappa shape index (κ1) is 104. The van der Waals surface area contributed by atoms with Gasteiger partial charge in [0.05, 0.1) is 37.4 Å². The van der Waals surface area contributed by atoms with Crippen LogP contribution in [0.3, 0.4) is 0 Å². The van der Waals surface area contributed by atoms with Gasteiger partial charge in [-0.2, -0.15) is 38.5 Å². The number of nitrogens with one attached hydrogen (secondary N) is 8. The van der Waals surface area contributed by atoms with E-state index >= 15 is 0 Å². The van der Waals surface area contributed by atoms with Crippen LogP contribution < -0.4 is 42.5 Å². The molecule has 0 aliphatic heterocycles. The molecule has 0 aliphatic carbocycles. The molecule has 0 aliphatic rings. The molecule has 1 atom stereocenters. The monoisotopic (exact) mass is 1800 g/mol. The number of hydrogen-bond acceptors (Lipinski definition) is 21. The molecule has 0 saturated heterocycles. The van der Waals surface area contributed by atoms with Crippen LogP contribution in [0.1, 0.15) is 261 Å². The number of rotatable bonds is 44. The maximum Gasteiger partial charge on any atom is 0.163 e. The minimum Gasteiger partial charge on any atom is -0.394 e. The van der Waals surface area contributed by atoms with Crippen molar-refractivity contribution in [2.24, 2.45) is 0 Å². The molecule has 11 heterocycles. The number of pyridine rings is 2. The second-order valence-electron chi connectivity index (χ2n) is 33.3. The van der Waals surface area contributed by atoms with Gasteiger partial charge < -0.3 is 47.6 Å². The van der Waals surface area contributed by atoms with Gasteiger partial charge in [0.1, 0.15) is 70.3 Å². The molecule has 15 rings (SSSR count). The minimum atomic E-state index is -0.247. The number of aromatic nitrogens is 16. The lowest BCUT2D eigenvalue weighted by molar-refractivity contribution is 0.271. The zero-order chi connectivity index (χ0) is 89.8. The standard InChI is InChI=1S/C27H33FN6.C27H34N6.C26H32FN7.C20H26FN5O.4CH4/c1-20(2)23-19-32-34-26(31-18-21-11-6-7-14-24(21)28)17-25(33-27(23)34)30-16-9-4-3-5-12-22-13-8-10-15-29-22;1-21(2)24-20-31-33-26(30-19-22-12-6-5-7-13-22)18-25(32-27(24)33)29-17-10-4-3-8-14-23-15-9-11-16-28-23;1-19(2)22-17-32-34-25(31-16-21-10-6-7-11-23(21)27)13-24(33-26(22)34)30-12-8-4-3-5-9-20-14-28-18-29-15-20;1-4-15(12-27)24-18-9-19(22-10-14-7-5-6-8-17(14)21)26-20(25-18)16(11-23-26)13(2)3;;;;/h6-8,10-11,13-15,17,19-20,31H,3-5,9,12,16,18H2,1-2H3,(H,30,33);5-7,9,11-13,15-16,18,20-21,30H,3-4,8,10,14,17,19H2,1-2H3,(H,29,32);6-7,10-11,13-15,17-19,31H,3-5,8-9,12,16H2,1-2H3,(H,30,33);5-9,11,13,15,22,27H,4,10,12H2,1-3H3,(H,24,25);4*1H4/t;;;15-;;;;/m...1..../s1. The predicted octanol–water partition coefficient (Wildman–Crippen LogP) is 24.2. The fraction of sp³-hybridized carbons (Fsp3) is 0.404. The number of benzene rings is 4. The summed E-state index contributed by atoms with van der Waals surface area (Å²) < 4.78 is 49.4. The topological polar surface area (TPSA) is 289 Å². The number of aliphatic hydroxyl groups is 1. The maximum absolute atomic E-state index is 14.1. The van der Waals surface area contributed by atoms with Gasteiger partial charge in [-0.15, -0.1) is 0 Å². The number of hydrogen-bond donors (Lipinski definition) is 9. The molecule has 25 nitrogen and oxygen atoms in total. The van der Waals surface area contributed by atoms with Gasteiger partial charge in [-0.3, -0.25) is 9.97 Å². The van der Waals surface area contributed by atoms with Crippen molar-refractivity contribution in [3.05, 3.63) is 299 Å². The first-order chi connectivity index (χ1) is 62.5. The van der Waals surface area contributed by atoms with Crippen LogP contribution >= 0.6 is 0 Å². The van der Waals surface area contributed by atoms with Crippen molar-refractivity contribution in [1.29, 1.82) is 0 Å². The molecule has 28 heteroatoms. The Bertz CT molecular complexity index is 5640. The van der Waals surface area contributed by atoms with E-state index in [2.05, 4.69) is 192 Å². The summed E-state index contributed by atoms with van der Waals surface area (Å²) in [6, 6.07) is 50.7.